The molecular weight excluding hydrogens is 341 g/mol. The van der Waals surface area contributed by atoms with Crippen molar-refractivity contribution < 1.29 is 18.0 Å². The lowest BCUT2D eigenvalue weighted by Crippen LogP contribution is -2.21. The van der Waals surface area contributed by atoms with Gasteiger partial charge in [0, 0.05) is 22.7 Å². The van der Waals surface area contributed by atoms with Gasteiger partial charge in [-0.05, 0) is 19.1 Å². The molecule has 132 valence electrons. The highest BCUT2D eigenvalue weighted by atomic mass is 19.4. The van der Waals surface area contributed by atoms with Crippen molar-refractivity contribution in [1.29, 1.82) is 0 Å². The topological polar surface area (TPSA) is 42.0 Å². The van der Waals surface area contributed by atoms with Crippen molar-refractivity contribution in [2.24, 2.45) is 0 Å². The first kappa shape index (κ1) is 17.7. The molecule has 0 aliphatic rings. The summed E-state index contributed by atoms with van der Waals surface area (Å²) in [4.78, 5) is 16.5. The van der Waals surface area contributed by atoms with Crippen LogP contribution in [0.4, 0.5) is 18.9 Å². The summed E-state index contributed by atoms with van der Waals surface area (Å²) in [7, 11) is 0. The van der Waals surface area contributed by atoms with Crippen molar-refractivity contribution in [2.75, 3.05) is 5.32 Å². The average Bonchev–Trinajstić information content (AvgIpc) is 2.61. The minimum Gasteiger partial charge on any atom is -0.350 e. The van der Waals surface area contributed by atoms with Gasteiger partial charge in [0.2, 0.25) is 0 Å². The molecule has 3 rings (SSSR count). The summed E-state index contributed by atoms with van der Waals surface area (Å²) < 4.78 is 40.4. The number of nitrogens with one attached hydrogen (secondary N) is 1. The Kier molecular flexibility index (Phi) is 4.75. The Bertz CT molecular complexity index is 979. The van der Waals surface area contributed by atoms with Gasteiger partial charge < -0.3 is 5.32 Å². The molecule has 1 aromatic heterocycles. The fraction of sp³-hybridized carbons (Fsp3) is 0.100. The van der Waals surface area contributed by atoms with E-state index in [1.54, 1.807) is 49.4 Å². The number of anilines is 1. The van der Waals surface area contributed by atoms with E-state index in [2.05, 4.69) is 10.3 Å². The van der Waals surface area contributed by atoms with Crippen LogP contribution >= 0.6 is 0 Å². The lowest BCUT2D eigenvalue weighted by molar-refractivity contribution is -0.0903. The standard InChI is InChI=1S/C20H15F3N2O/c1-13-10-11-15-8-5-9-16(19(15)24-13)25-18(20(21,22)23)12-17(26)14-6-3-2-4-7-14/h2-12,25H,1H3. The van der Waals surface area contributed by atoms with Crippen LogP contribution in [-0.4, -0.2) is 16.9 Å². The molecule has 3 nitrogen and oxygen atoms in total. The van der Waals surface area contributed by atoms with Gasteiger partial charge in [-0.2, -0.15) is 13.2 Å². The van der Waals surface area contributed by atoms with Crippen LogP contribution < -0.4 is 5.32 Å². The molecule has 2 aromatic carbocycles. The fourth-order valence-corrected chi connectivity index (χ4v) is 2.50. The number of carbonyl (C=O) groups is 1. The van der Waals surface area contributed by atoms with E-state index in [0.29, 0.717) is 22.7 Å². The zero-order valence-corrected chi connectivity index (χ0v) is 13.8. The van der Waals surface area contributed by atoms with Crippen molar-refractivity contribution in [1.82, 2.24) is 4.98 Å². The van der Waals surface area contributed by atoms with E-state index in [-0.39, 0.29) is 11.3 Å². The van der Waals surface area contributed by atoms with Crippen molar-refractivity contribution in [3.05, 3.63) is 83.7 Å². The number of aryl methyl sites for hydroxylation is 1. The van der Waals surface area contributed by atoms with Crippen molar-refractivity contribution >= 4 is 22.4 Å². The number of hydrogen-bond acceptors (Lipinski definition) is 3. The Hall–Kier alpha value is -3.15. The van der Waals surface area contributed by atoms with E-state index in [1.807, 2.05) is 0 Å². The van der Waals surface area contributed by atoms with Crippen LogP contribution in [0.15, 0.2) is 72.4 Å². The molecule has 0 saturated carbocycles. The van der Waals surface area contributed by atoms with Crippen molar-refractivity contribution in [2.45, 2.75) is 13.1 Å². The number of allylic oxidation sites excluding steroid dienone is 2. The quantitative estimate of drug-likeness (QED) is 0.510. The molecule has 0 amide bonds. The summed E-state index contributed by atoms with van der Waals surface area (Å²) >= 11 is 0. The fourth-order valence-electron chi connectivity index (χ4n) is 2.50. The summed E-state index contributed by atoms with van der Waals surface area (Å²) in [6.07, 6.45) is -4.14. The van der Waals surface area contributed by atoms with Gasteiger partial charge in [-0.1, -0.05) is 48.5 Å². The van der Waals surface area contributed by atoms with E-state index in [1.165, 1.54) is 18.2 Å². The summed E-state index contributed by atoms with van der Waals surface area (Å²) in [5.41, 5.74) is 0.334. The second-order valence-corrected chi connectivity index (χ2v) is 5.74. The average molecular weight is 356 g/mol. The summed E-state index contributed by atoms with van der Waals surface area (Å²) in [6, 6.07) is 16.3. The lowest BCUT2D eigenvalue weighted by atomic mass is 10.1. The third-order valence-corrected chi connectivity index (χ3v) is 3.77. The molecule has 0 spiro atoms. The SMILES string of the molecule is Cc1ccc2cccc(NC(=CC(=O)c3ccccc3)C(F)(F)F)c2n1. The minimum absolute atomic E-state index is 0.183. The van der Waals surface area contributed by atoms with Gasteiger partial charge >= 0.3 is 6.18 Å². The molecule has 6 heteroatoms. The number of nitrogens with zero attached hydrogens (tertiary/aromatic N) is 1. The van der Waals surface area contributed by atoms with E-state index >= 15 is 0 Å². The van der Waals surface area contributed by atoms with Crippen LogP contribution in [0, 0.1) is 6.92 Å². The highest BCUT2D eigenvalue weighted by molar-refractivity contribution is 6.05. The Morgan fingerprint density at radius 1 is 1.00 bits per heavy atom. The molecule has 1 N–H and O–H groups in total. The number of benzene rings is 2. The number of rotatable bonds is 4. The molecule has 0 fully saturated rings. The number of ketones is 1. The van der Waals surface area contributed by atoms with Gasteiger partial charge in [-0.25, -0.2) is 0 Å². The van der Waals surface area contributed by atoms with Crippen LogP contribution in [0.2, 0.25) is 0 Å². The van der Waals surface area contributed by atoms with Gasteiger partial charge in [0.25, 0.3) is 0 Å². The number of alkyl halides is 3. The van der Waals surface area contributed by atoms with E-state index in [0.717, 1.165) is 0 Å². The highest BCUT2D eigenvalue weighted by Crippen LogP contribution is 2.30. The second kappa shape index (κ2) is 7.00. The monoisotopic (exact) mass is 356 g/mol. The first-order valence-corrected chi connectivity index (χ1v) is 7.86. The van der Waals surface area contributed by atoms with Gasteiger partial charge in [-0.15, -0.1) is 0 Å². The predicted molar refractivity (Wildman–Crippen MR) is 95.0 cm³/mol. The molecule has 0 aliphatic heterocycles. The summed E-state index contributed by atoms with van der Waals surface area (Å²) in [6.45, 7) is 1.76. The molecule has 0 unspecified atom stereocenters. The smallest absolute Gasteiger partial charge is 0.350 e. The summed E-state index contributed by atoms with van der Waals surface area (Å²) in [5.74, 6) is -0.727. The largest absolute Gasteiger partial charge is 0.431 e. The first-order valence-electron chi connectivity index (χ1n) is 7.86. The van der Waals surface area contributed by atoms with Crippen molar-refractivity contribution in [3.63, 3.8) is 0 Å². The number of hydrogen-bond donors (Lipinski definition) is 1. The van der Waals surface area contributed by atoms with Crippen LogP contribution in [-0.2, 0) is 0 Å². The van der Waals surface area contributed by atoms with E-state index in [4.69, 9.17) is 0 Å². The lowest BCUT2D eigenvalue weighted by Gasteiger charge is -2.15. The third-order valence-electron chi connectivity index (χ3n) is 3.77. The zero-order chi connectivity index (χ0) is 18.7. The zero-order valence-electron chi connectivity index (χ0n) is 13.8. The number of halogens is 3. The van der Waals surface area contributed by atoms with E-state index < -0.39 is 17.7 Å². The van der Waals surface area contributed by atoms with Gasteiger partial charge in [0.15, 0.2) is 5.78 Å². The minimum atomic E-state index is -4.71. The van der Waals surface area contributed by atoms with Gasteiger partial charge in [0.1, 0.15) is 5.70 Å². The summed E-state index contributed by atoms with van der Waals surface area (Å²) in [5, 5.41) is 3.05. The molecule has 0 saturated heterocycles. The van der Waals surface area contributed by atoms with Crippen LogP contribution in [0.1, 0.15) is 16.1 Å². The van der Waals surface area contributed by atoms with Gasteiger partial charge in [-0.3, -0.25) is 9.78 Å². The maximum absolute atomic E-state index is 13.5. The Morgan fingerprint density at radius 3 is 2.42 bits per heavy atom. The molecule has 26 heavy (non-hydrogen) atoms. The van der Waals surface area contributed by atoms with Gasteiger partial charge in [0.05, 0.1) is 11.2 Å². The number of aromatic nitrogens is 1. The van der Waals surface area contributed by atoms with Crippen LogP contribution in [0.25, 0.3) is 10.9 Å². The Morgan fingerprint density at radius 2 is 1.73 bits per heavy atom. The molecule has 0 aliphatic carbocycles. The number of para-hydroxylation sites is 1. The molecule has 1 heterocycles. The third kappa shape index (κ3) is 3.91. The first-order chi connectivity index (χ1) is 12.3. The van der Waals surface area contributed by atoms with E-state index in [9.17, 15) is 18.0 Å². The number of fused-ring (bicyclic) bond motifs is 1. The maximum atomic E-state index is 13.5. The Balaban J connectivity index is 2.02. The molecule has 3 aromatic rings. The van der Waals surface area contributed by atoms with Crippen LogP contribution in [0.5, 0.6) is 0 Å². The highest BCUT2D eigenvalue weighted by Gasteiger charge is 2.35. The molecule has 0 bridgehead atoms. The molecular formula is C20H15F3N2O. The number of pyridine rings is 1. The predicted octanol–water partition coefficient (Wildman–Crippen LogP) is 5.28. The van der Waals surface area contributed by atoms with Crippen LogP contribution in [0.3, 0.4) is 0 Å². The molecule has 0 atom stereocenters. The Labute approximate surface area is 148 Å². The molecule has 0 radical (unpaired) electrons. The van der Waals surface area contributed by atoms with Crippen molar-refractivity contribution in [3.8, 4) is 0 Å². The maximum Gasteiger partial charge on any atom is 0.431 e. The normalized spacial score (nSPS) is 12.2. The second-order valence-electron chi connectivity index (χ2n) is 5.74. The number of carbonyl (C=O) groups excluding carboxylic acids is 1.